The maximum absolute atomic E-state index is 12.2. The number of hydrogen-bond donors (Lipinski definition) is 1. The minimum atomic E-state index is -0.116. The molecule has 1 aromatic carbocycles. The Morgan fingerprint density at radius 3 is 2.74 bits per heavy atom. The maximum atomic E-state index is 12.2. The van der Waals surface area contributed by atoms with E-state index in [-0.39, 0.29) is 23.8 Å². The second-order valence-corrected chi connectivity index (χ2v) is 8.40. The molecule has 0 bridgehead atoms. The number of carbonyl (C=O) groups excluding carboxylic acids is 3. The predicted molar refractivity (Wildman–Crippen MR) is 103 cm³/mol. The van der Waals surface area contributed by atoms with Crippen LogP contribution in [0, 0.1) is 0 Å². The molecule has 2 fully saturated rings. The molecule has 1 saturated heterocycles. The van der Waals surface area contributed by atoms with Crippen molar-refractivity contribution >= 4 is 39.3 Å². The first kappa shape index (κ1) is 18.1. The Kier molecular flexibility index (Phi) is 5.20. The number of rotatable bonds is 6. The molecule has 1 saturated carbocycles. The van der Waals surface area contributed by atoms with Crippen molar-refractivity contribution in [3.63, 3.8) is 0 Å². The molecule has 7 heteroatoms. The summed E-state index contributed by atoms with van der Waals surface area (Å²) in [5.41, 5.74) is 1.05. The van der Waals surface area contributed by atoms with E-state index >= 15 is 0 Å². The van der Waals surface area contributed by atoms with Gasteiger partial charge in [-0.1, -0.05) is 12.1 Å². The van der Waals surface area contributed by atoms with Crippen molar-refractivity contribution in [2.45, 2.75) is 56.9 Å². The maximum Gasteiger partial charge on any atom is 0.229 e. The van der Waals surface area contributed by atoms with Crippen LogP contribution in [-0.4, -0.2) is 40.2 Å². The minimum absolute atomic E-state index is 0.00375. The number of carbonyl (C=O) groups is 3. The molecule has 6 nitrogen and oxygen atoms in total. The molecule has 142 valence electrons. The lowest BCUT2D eigenvalue weighted by molar-refractivity contribution is -0.138. The summed E-state index contributed by atoms with van der Waals surface area (Å²) in [6, 6.07) is 8.36. The third-order valence-electron chi connectivity index (χ3n) is 5.40. The SMILES string of the molecule is O=C(CCCN1C(=O)CCC1=O)NC1CCC(c2nc3ccccc3s2)C1. The summed E-state index contributed by atoms with van der Waals surface area (Å²) >= 11 is 1.75. The van der Waals surface area contributed by atoms with Crippen LogP contribution in [0.3, 0.4) is 0 Å². The normalized spacial score (nSPS) is 22.7. The van der Waals surface area contributed by atoms with Gasteiger partial charge in [0.05, 0.1) is 15.2 Å². The lowest BCUT2D eigenvalue weighted by atomic mass is 10.1. The van der Waals surface area contributed by atoms with E-state index in [2.05, 4.69) is 11.4 Å². The van der Waals surface area contributed by atoms with Gasteiger partial charge in [0.25, 0.3) is 0 Å². The zero-order chi connectivity index (χ0) is 18.8. The highest BCUT2D eigenvalue weighted by atomic mass is 32.1. The number of amides is 3. The number of benzene rings is 1. The number of likely N-dealkylation sites (tertiary alicyclic amines) is 1. The second kappa shape index (κ2) is 7.76. The van der Waals surface area contributed by atoms with Gasteiger partial charge in [-0.25, -0.2) is 4.98 Å². The first-order valence-corrected chi connectivity index (χ1v) is 10.4. The fraction of sp³-hybridized carbons (Fsp3) is 0.500. The third-order valence-corrected chi connectivity index (χ3v) is 6.60. The van der Waals surface area contributed by atoms with Crippen LogP contribution in [0.5, 0.6) is 0 Å². The van der Waals surface area contributed by atoms with E-state index < -0.39 is 0 Å². The fourth-order valence-electron chi connectivity index (χ4n) is 3.97. The van der Waals surface area contributed by atoms with Crippen molar-refractivity contribution in [1.29, 1.82) is 0 Å². The summed E-state index contributed by atoms with van der Waals surface area (Å²) in [5.74, 6) is 0.182. The molecule has 2 unspecified atom stereocenters. The number of imide groups is 1. The van der Waals surface area contributed by atoms with E-state index in [1.807, 2.05) is 18.2 Å². The Balaban J connectivity index is 1.24. The summed E-state index contributed by atoms with van der Waals surface area (Å²) in [4.78, 5) is 41.4. The van der Waals surface area contributed by atoms with Crippen molar-refractivity contribution in [1.82, 2.24) is 15.2 Å². The molecule has 3 amide bonds. The van der Waals surface area contributed by atoms with E-state index in [1.54, 1.807) is 11.3 Å². The summed E-state index contributed by atoms with van der Waals surface area (Å²) < 4.78 is 1.21. The van der Waals surface area contributed by atoms with E-state index in [9.17, 15) is 14.4 Å². The quantitative estimate of drug-likeness (QED) is 0.776. The van der Waals surface area contributed by atoms with Crippen LogP contribution in [0.15, 0.2) is 24.3 Å². The summed E-state index contributed by atoms with van der Waals surface area (Å²) in [6.07, 6.45) is 4.42. The van der Waals surface area contributed by atoms with Crippen molar-refractivity contribution in [3.05, 3.63) is 29.3 Å². The van der Waals surface area contributed by atoms with Crippen LogP contribution in [0.25, 0.3) is 10.2 Å². The van der Waals surface area contributed by atoms with Crippen LogP contribution in [0.2, 0.25) is 0 Å². The van der Waals surface area contributed by atoms with Gasteiger partial charge < -0.3 is 5.32 Å². The van der Waals surface area contributed by atoms with Crippen LogP contribution < -0.4 is 5.32 Å². The minimum Gasteiger partial charge on any atom is -0.353 e. The lowest BCUT2D eigenvalue weighted by Gasteiger charge is -2.15. The fourth-order valence-corrected chi connectivity index (χ4v) is 5.09. The second-order valence-electron chi connectivity index (χ2n) is 7.34. The van der Waals surface area contributed by atoms with Crippen molar-refractivity contribution in [2.75, 3.05) is 6.54 Å². The molecule has 1 N–H and O–H groups in total. The summed E-state index contributed by atoms with van der Waals surface area (Å²) in [5, 5.41) is 4.28. The van der Waals surface area contributed by atoms with Gasteiger partial charge in [0.2, 0.25) is 17.7 Å². The van der Waals surface area contributed by atoms with E-state index in [0.29, 0.717) is 38.1 Å². The monoisotopic (exact) mass is 385 g/mol. The first-order valence-electron chi connectivity index (χ1n) is 9.58. The van der Waals surface area contributed by atoms with Crippen LogP contribution in [-0.2, 0) is 14.4 Å². The van der Waals surface area contributed by atoms with Crippen LogP contribution >= 0.6 is 11.3 Å². The van der Waals surface area contributed by atoms with Gasteiger partial charge in [0.1, 0.15) is 0 Å². The van der Waals surface area contributed by atoms with Gasteiger partial charge in [-0.15, -0.1) is 11.3 Å². The molecule has 1 aromatic heterocycles. The molecule has 2 aliphatic rings. The molecule has 0 spiro atoms. The van der Waals surface area contributed by atoms with Crippen molar-refractivity contribution < 1.29 is 14.4 Å². The Morgan fingerprint density at radius 1 is 1.19 bits per heavy atom. The number of nitrogens with one attached hydrogen (secondary N) is 1. The van der Waals surface area contributed by atoms with Gasteiger partial charge in [0.15, 0.2) is 0 Å². The van der Waals surface area contributed by atoms with E-state index in [0.717, 1.165) is 24.8 Å². The Hall–Kier alpha value is -2.28. The highest BCUT2D eigenvalue weighted by molar-refractivity contribution is 7.18. The zero-order valence-corrected chi connectivity index (χ0v) is 16.0. The van der Waals surface area contributed by atoms with E-state index in [4.69, 9.17) is 4.98 Å². The standard InChI is InChI=1S/C20H23N3O3S/c24-17(6-3-11-23-18(25)9-10-19(23)26)21-14-8-7-13(12-14)20-22-15-4-1-2-5-16(15)27-20/h1-2,4-5,13-14H,3,6-12H2,(H,21,24). The third kappa shape index (κ3) is 4.03. The van der Waals surface area contributed by atoms with Crippen LogP contribution in [0.1, 0.15) is 55.9 Å². The highest BCUT2D eigenvalue weighted by Crippen LogP contribution is 2.38. The van der Waals surface area contributed by atoms with Gasteiger partial charge in [0, 0.05) is 37.8 Å². The smallest absolute Gasteiger partial charge is 0.229 e. The largest absolute Gasteiger partial charge is 0.353 e. The number of fused-ring (bicyclic) bond motifs is 1. The molecular formula is C20H23N3O3S. The molecular weight excluding hydrogens is 362 g/mol. The molecule has 0 radical (unpaired) electrons. The first-order chi connectivity index (χ1) is 13.1. The Morgan fingerprint density at radius 2 is 1.96 bits per heavy atom. The van der Waals surface area contributed by atoms with Gasteiger partial charge in [-0.05, 0) is 37.8 Å². The van der Waals surface area contributed by atoms with Gasteiger partial charge >= 0.3 is 0 Å². The topological polar surface area (TPSA) is 79.4 Å². The average Bonchev–Trinajstić information content (AvgIpc) is 3.35. The highest BCUT2D eigenvalue weighted by Gasteiger charge is 2.30. The molecule has 2 atom stereocenters. The number of hydrogen-bond acceptors (Lipinski definition) is 5. The zero-order valence-electron chi connectivity index (χ0n) is 15.1. The van der Waals surface area contributed by atoms with E-state index in [1.165, 1.54) is 14.6 Å². The summed E-state index contributed by atoms with van der Waals surface area (Å²) in [7, 11) is 0. The predicted octanol–water partition coefficient (Wildman–Crippen LogP) is 2.98. The number of thiazole rings is 1. The Labute approximate surface area is 161 Å². The molecule has 27 heavy (non-hydrogen) atoms. The van der Waals surface area contributed by atoms with Crippen molar-refractivity contribution in [3.8, 4) is 0 Å². The molecule has 2 heterocycles. The molecule has 1 aliphatic carbocycles. The lowest BCUT2D eigenvalue weighted by Crippen LogP contribution is -2.34. The van der Waals surface area contributed by atoms with Gasteiger partial charge in [-0.3, -0.25) is 19.3 Å². The van der Waals surface area contributed by atoms with Crippen molar-refractivity contribution in [2.24, 2.45) is 0 Å². The number of nitrogens with zero attached hydrogens (tertiary/aromatic N) is 2. The molecule has 1 aliphatic heterocycles. The Bertz CT molecular complexity index is 829. The van der Waals surface area contributed by atoms with Crippen LogP contribution in [0.4, 0.5) is 0 Å². The molecule has 2 aromatic rings. The molecule has 4 rings (SSSR count). The van der Waals surface area contributed by atoms with Gasteiger partial charge in [-0.2, -0.15) is 0 Å². The number of aromatic nitrogens is 1. The number of para-hydroxylation sites is 1. The summed E-state index contributed by atoms with van der Waals surface area (Å²) in [6.45, 7) is 0.351. The average molecular weight is 385 g/mol.